The number of nitrogens with one attached hydrogen (secondary N) is 1. The molecule has 3 rings (SSSR count). The van der Waals surface area contributed by atoms with E-state index in [-0.39, 0.29) is 6.04 Å². The van der Waals surface area contributed by atoms with Crippen LogP contribution in [0, 0.1) is 5.92 Å². The highest BCUT2D eigenvalue weighted by Crippen LogP contribution is 2.32. The van der Waals surface area contributed by atoms with Gasteiger partial charge < -0.3 is 15.4 Å². The van der Waals surface area contributed by atoms with Crippen LogP contribution in [0.1, 0.15) is 32.0 Å². The van der Waals surface area contributed by atoms with E-state index in [0.29, 0.717) is 12.0 Å². The molecule has 0 bridgehead atoms. The molecule has 0 radical (unpaired) electrons. The predicted octanol–water partition coefficient (Wildman–Crippen LogP) is 0.700. The second kappa shape index (κ2) is 5.46. The van der Waals surface area contributed by atoms with E-state index in [1.165, 1.54) is 0 Å². The Kier molecular flexibility index (Phi) is 3.70. The van der Waals surface area contributed by atoms with E-state index in [4.69, 9.17) is 10.5 Å². The van der Waals surface area contributed by atoms with Gasteiger partial charge in [0.05, 0.1) is 6.10 Å². The normalized spacial score (nSPS) is 30.6. The van der Waals surface area contributed by atoms with E-state index in [9.17, 15) is 0 Å². The molecule has 19 heavy (non-hydrogen) atoms. The highest BCUT2D eigenvalue weighted by molar-refractivity contribution is 5.31. The number of rotatable bonds is 5. The Morgan fingerprint density at radius 2 is 2.32 bits per heavy atom. The lowest BCUT2D eigenvalue weighted by Crippen LogP contribution is -2.32. The summed E-state index contributed by atoms with van der Waals surface area (Å²) in [4.78, 5) is 6.74. The topological polar surface area (TPSA) is 80.1 Å². The van der Waals surface area contributed by atoms with Crippen LogP contribution in [-0.2, 0) is 11.2 Å². The third-order valence-electron chi connectivity index (χ3n) is 4.10. The van der Waals surface area contributed by atoms with Crippen molar-refractivity contribution in [1.29, 1.82) is 0 Å². The molecule has 2 aliphatic rings. The number of hydrogen-bond acceptors (Lipinski definition) is 5. The van der Waals surface area contributed by atoms with Crippen molar-refractivity contribution >= 4 is 5.95 Å². The fraction of sp³-hybridized carbons (Fsp3) is 0.846. The number of nitrogens with two attached hydrogens (primary N) is 1. The van der Waals surface area contributed by atoms with Crippen molar-refractivity contribution in [1.82, 2.24) is 15.2 Å². The van der Waals surface area contributed by atoms with Gasteiger partial charge in [-0.3, -0.25) is 5.10 Å². The van der Waals surface area contributed by atoms with E-state index in [0.717, 1.165) is 57.2 Å². The van der Waals surface area contributed by atoms with Gasteiger partial charge in [-0.15, -0.1) is 5.10 Å². The summed E-state index contributed by atoms with van der Waals surface area (Å²) in [5.41, 5.74) is 5.90. The van der Waals surface area contributed by atoms with Crippen molar-refractivity contribution in [3.05, 3.63) is 5.82 Å². The number of aromatic nitrogens is 3. The van der Waals surface area contributed by atoms with Crippen molar-refractivity contribution in [3.8, 4) is 0 Å². The van der Waals surface area contributed by atoms with E-state index in [1.807, 2.05) is 0 Å². The molecule has 1 aliphatic heterocycles. The van der Waals surface area contributed by atoms with Crippen LogP contribution in [-0.4, -0.2) is 47.0 Å². The zero-order valence-corrected chi connectivity index (χ0v) is 11.5. The molecule has 0 amide bonds. The number of ether oxygens (including phenoxy) is 1. The Balaban J connectivity index is 1.49. The van der Waals surface area contributed by atoms with Crippen molar-refractivity contribution in [2.75, 3.05) is 24.6 Å². The number of H-pyrrole nitrogens is 1. The average molecular weight is 265 g/mol. The number of hydrogen-bond donors (Lipinski definition) is 2. The molecule has 1 atom stereocenters. The zero-order valence-electron chi connectivity index (χ0n) is 11.5. The van der Waals surface area contributed by atoms with E-state index >= 15 is 0 Å². The molecular formula is C13H23N5O. The fourth-order valence-electron chi connectivity index (χ4n) is 2.97. The molecule has 2 fully saturated rings. The van der Waals surface area contributed by atoms with Crippen LogP contribution in [0.2, 0.25) is 0 Å². The molecule has 1 aliphatic carbocycles. The Bertz CT molecular complexity index is 415. The first kappa shape index (κ1) is 12.9. The summed E-state index contributed by atoms with van der Waals surface area (Å²) in [5.74, 6) is 2.50. The maximum Gasteiger partial charge on any atom is 0.244 e. The minimum absolute atomic E-state index is 0.264. The highest BCUT2D eigenvalue weighted by Gasteiger charge is 2.30. The van der Waals surface area contributed by atoms with Crippen molar-refractivity contribution < 1.29 is 4.74 Å². The molecule has 3 N–H and O–H groups in total. The molecule has 1 saturated carbocycles. The first-order valence-electron chi connectivity index (χ1n) is 7.28. The molecule has 0 spiro atoms. The molecule has 1 aromatic rings. The van der Waals surface area contributed by atoms with Crippen LogP contribution < -0.4 is 10.6 Å². The summed E-state index contributed by atoms with van der Waals surface area (Å²) < 4.78 is 5.58. The summed E-state index contributed by atoms with van der Waals surface area (Å²) in [6.07, 6.45) is 4.78. The van der Waals surface area contributed by atoms with Gasteiger partial charge in [0.25, 0.3) is 0 Å². The van der Waals surface area contributed by atoms with Gasteiger partial charge in [-0.1, -0.05) is 0 Å². The van der Waals surface area contributed by atoms with Crippen molar-refractivity contribution in [3.63, 3.8) is 0 Å². The van der Waals surface area contributed by atoms with Gasteiger partial charge in [-0.2, -0.15) is 4.98 Å². The monoisotopic (exact) mass is 265 g/mol. The molecule has 6 heteroatoms. The quantitative estimate of drug-likeness (QED) is 0.819. The summed E-state index contributed by atoms with van der Waals surface area (Å²) in [6, 6.07) is 0.264. The third kappa shape index (κ3) is 2.90. The zero-order chi connectivity index (χ0) is 13.2. The van der Waals surface area contributed by atoms with Crippen LogP contribution in [0.4, 0.5) is 5.95 Å². The Morgan fingerprint density at radius 1 is 1.47 bits per heavy atom. The van der Waals surface area contributed by atoms with Crippen LogP contribution >= 0.6 is 0 Å². The molecule has 2 heterocycles. The van der Waals surface area contributed by atoms with Crippen LogP contribution in [0.25, 0.3) is 0 Å². The van der Waals surface area contributed by atoms with Gasteiger partial charge in [0.1, 0.15) is 5.82 Å². The molecular weight excluding hydrogens is 242 g/mol. The standard InChI is InChI=1S/C13H23N5O/c1-2-19-11-5-9(6-11)7-12-15-13(17-16-12)18-4-3-10(14)8-18/h9-11H,2-8,14H2,1H3,(H,15,16,17). The lowest BCUT2D eigenvalue weighted by Gasteiger charge is -2.34. The average Bonchev–Trinajstić information content (AvgIpc) is 2.95. The summed E-state index contributed by atoms with van der Waals surface area (Å²) in [7, 11) is 0. The smallest absolute Gasteiger partial charge is 0.244 e. The minimum atomic E-state index is 0.264. The maximum atomic E-state index is 5.90. The highest BCUT2D eigenvalue weighted by atomic mass is 16.5. The van der Waals surface area contributed by atoms with Gasteiger partial charge in [-0.25, -0.2) is 0 Å². The van der Waals surface area contributed by atoms with Crippen LogP contribution in [0.15, 0.2) is 0 Å². The molecule has 6 nitrogen and oxygen atoms in total. The van der Waals surface area contributed by atoms with Crippen LogP contribution in [0.5, 0.6) is 0 Å². The van der Waals surface area contributed by atoms with E-state index in [1.54, 1.807) is 0 Å². The second-order valence-corrected chi connectivity index (χ2v) is 5.70. The predicted molar refractivity (Wildman–Crippen MR) is 73.0 cm³/mol. The van der Waals surface area contributed by atoms with Gasteiger partial charge in [0.2, 0.25) is 5.95 Å². The van der Waals surface area contributed by atoms with Crippen molar-refractivity contribution in [2.24, 2.45) is 11.7 Å². The fourth-order valence-corrected chi connectivity index (χ4v) is 2.97. The van der Waals surface area contributed by atoms with Gasteiger partial charge in [-0.05, 0) is 32.1 Å². The molecule has 1 unspecified atom stereocenters. The third-order valence-corrected chi connectivity index (χ3v) is 4.10. The Morgan fingerprint density at radius 3 is 3.00 bits per heavy atom. The first-order valence-corrected chi connectivity index (χ1v) is 7.28. The lowest BCUT2D eigenvalue weighted by atomic mass is 9.80. The molecule has 1 saturated heterocycles. The van der Waals surface area contributed by atoms with Crippen molar-refractivity contribution in [2.45, 2.75) is 44.8 Å². The van der Waals surface area contributed by atoms with E-state index < -0.39 is 0 Å². The first-order chi connectivity index (χ1) is 9.24. The van der Waals surface area contributed by atoms with Gasteiger partial charge in [0, 0.05) is 32.2 Å². The summed E-state index contributed by atoms with van der Waals surface area (Å²) in [6.45, 7) is 4.71. The summed E-state index contributed by atoms with van der Waals surface area (Å²) in [5, 5.41) is 7.36. The van der Waals surface area contributed by atoms with Gasteiger partial charge >= 0.3 is 0 Å². The summed E-state index contributed by atoms with van der Waals surface area (Å²) >= 11 is 0. The number of nitrogens with zero attached hydrogens (tertiary/aromatic N) is 3. The molecule has 1 aromatic heterocycles. The SMILES string of the molecule is CCOC1CC(Cc2nc(N3CCC(N)C3)n[nH]2)C1. The van der Waals surface area contributed by atoms with Crippen LogP contribution in [0.3, 0.4) is 0 Å². The lowest BCUT2D eigenvalue weighted by molar-refractivity contribution is -0.0245. The van der Waals surface area contributed by atoms with Gasteiger partial charge in [0.15, 0.2) is 0 Å². The van der Waals surface area contributed by atoms with E-state index in [2.05, 4.69) is 27.0 Å². The Labute approximate surface area is 113 Å². The Hall–Kier alpha value is -1.14. The molecule has 0 aromatic carbocycles. The maximum absolute atomic E-state index is 5.90. The number of aromatic amines is 1. The number of anilines is 1. The largest absolute Gasteiger partial charge is 0.378 e. The second-order valence-electron chi connectivity index (χ2n) is 5.70. The molecule has 106 valence electrons. The minimum Gasteiger partial charge on any atom is -0.378 e.